The van der Waals surface area contributed by atoms with Crippen LogP contribution in [-0.4, -0.2) is 65.6 Å². The second kappa shape index (κ2) is 15.6. The molecule has 18 heteroatoms. The number of carbonyl (C=O) groups is 2. The van der Waals surface area contributed by atoms with Gasteiger partial charge in [-0.3, -0.25) is 5.32 Å². The van der Waals surface area contributed by atoms with Crippen LogP contribution in [0.3, 0.4) is 0 Å². The van der Waals surface area contributed by atoms with Crippen LogP contribution < -0.4 is 20.5 Å². The van der Waals surface area contributed by atoms with Gasteiger partial charge in [0.25, 0.3) is 10.0 Å². The SMILES string of the molecule is CC(C)Oc1cc(-n2nc(C(C)(C)C)oc2=O)c(Cl)cc1Cl.Cc1cc(C)nc(NC(=O)NS(=O)(=O)c2ccccc2C(=O)OC2COC2)n1. The van der Waals surface area contributed by atoms with E-state index in [1.54, 1.807) is 26.0 Å². The Morgan fingerprint density at radius 3 is 2.22 bits per heavy atom. The van der Waals surface area contributed by atoms with Gasteiger partial charge in [-0.25, -0.2) is 37.5 Å². The summed E-state index contributed by atoms with van der Waals surface area (Å²) >= 11 is 12.3. The van der Waals surface area contributed by atoms with E-state index in [4.69, 9.17) is 41.8 Å². The Kier molecular flexibility index (Phi) is 11.9. The minimum Gasteiger partial charge on any atom is -0.489 e. The van der Waals surface area contributed by atoms with Gasteiger partial charge in [-0.2, -0.15) is 4.68 Å². The first-order valence-electron chi connectivity index (χ1n) is 15.1. The third kappa shape index (κ3) is 9.80. The highest BCUT2D eigenvalue weighted by Crippen LogP contribution is 2.33. The van der Waals surface area contributed by atoms with E-state index < -0.39 is 33.9 Å². The topological polar surface area (TPSA) is 194 Å². The summed E-state index contributed by atoms with van der Waals surface area (Å²) in [5.74, 6) is -0.696. The quantitative estimate of drug-likeness (QED) is 0.219. The van der Waals surface area contributed by atoms with Gasteiger partial charge in [0.2, 0.25) is 11.8 Å². The molecule has 50 heavy (non-hydrogen) atoms. The van der Waals surface area contributed by atoms with E-state index in [1.165, 1.54) is 30.3 Å². The lowest BCUT2D eigenvalue weighted by Gasteiger charge is -2.25. The molecule has 1 aliphatic rings. The third-order valence-electron chi connectivity index (χ3n) is 6.49. The van der Waals surface area contributed by atoms with Crippen molar-refractivity contribution in [1.82, 2.24) is 24.5 Å². The van der Waals surface area contributed by atoms with Crippen molar-refractivity contribution in [2.45, 2.75) is 71.0 Å². The number of nitrogens with zero attached hydrogens (tertiary/aromatic N) is 4. The third-order valence-corrected chi connectivity index (χ3v) is 8.48. The smallest absolute Gasteiger partial charge is 0.442 e. The van der Waals surface area contributed by atoms with Gasteiger partial charge in [0.05, 0.1) is 40.6 Å². The van der Waals surface area contributed by atoms with Crippen LogP contribution in [0.25, 0.3) is 5.69 Å². The van der Waals surface area contributed by atoms with Crippen molar-refractivity contribution in [2.24, 2.45) is 0 Å². The van der Waals surface area contributed by atoms with Crippen molar-refractivity contribution in [1.29, 1.82) is 0 Å². The van der Waals surface area contributed by atoms with Crippen molar-refractivity contribution in [3.63, 3.8) is 0 Å². The molecule has 0 aliphatic carbocycles. The summed E-state index contributed by atoms with van der Waals surface area (Å²) in [6.45, 7) is 13.4. The number of sulfonamides is 1. The number of esters is 1. The summed E-state index contributed by atoms with van der Waals surface area (Å²) < 4.78 is 49.1. The molecule has 0 saturated carbocycles. The first kappa shape index (κ1) is 38.3. The van der Waals surface area contributed by atoms with Crippen LogP contribution in [-0.2, 0) is 24.9 Å². The standard InChI is InChI=1S/C17H18N4O6S.C15H18Cl2N2O3/c1-10-7-11(2)19-16(18-10)20-17(23)21-28(24,25)14-6-4-3-5-13(14)15(22)27-12-8-26-9-12;1-8(2)21-12-7-11(9(16)6-10(12)17)19-14(20)22-13(18-19)15(3,4)5/h3-7,12H,8-9H2,1-2H3,(H2,18,19,20,21,23);6-8H,1-5H3. The van der Waals surface area contributed by atoms with E-state index in [0.29, 0.717) is 33.7 Å². The molecule has 15 nitrogen and oxygen atoms in total. The molecule has 4 aromatic rings. The Hall–Kier alpha value is -4.51. The van der Waals surface area contributed by atoms with Gasteiger partial charge in [-0.05, 0) is 52.0 Å². The highest BCUT2D eigenvalue weighted by molar-refractivity contribution is 7.90. The summed E-state index contributed by atoms with van der Waals surface area (Å²) in [7, 11) is -4.35. The number of ether oxygens (including phenoxy) is 3. The number of hydrogen-bond acceptors (Lipinski definition) is 12. The average Bonchev–Trinajstić information content (AvgIpc) is 3.37. The van der Waals surface area contributed by atoms with Crippen LogP contribution in [0.4, 0.5) is 10.7 Å². The largest absolute Gasteiger partial charge is 0.489 e. The Morgan fingerprint density at radius 2 is 1.66 bits per heavy atom. The highest BCUT2D eigenvalue weighted by atomic mass is 35.5. The first-order chi connectivity index (χ1) is 23.3. The number of amides is 2. The number of benzene rings is 2. The van der Waals surface area contributed by atoms with Crippen molar-refractivity contribution in [2.75, 3.05) is 18.5 Å². The van der Waals surface area contributed by atoms with E-state index in [1.807, 2.05) is 39.3 Å². The highest BCUT2D eigenvalue weighted by Gasteiger charge is 2.29. The van der Waals surface area contributed by atoms with Gasteiger partial charge in [-0.15, -0.1) is 5.10 Å². The molecule has 2 aromatic carbocycles. The second-order valence-corrected chi connectivity index (χ2v) is 14.8. The average molecular weight is 752 g/mol. The zero-order valence-electron chi connectivity index (χ0n) is 28.2. The van der Waals surface area contributed by atoms with Crippen molar-refractivity contribution >= 4 is 51.2 Å². The number of urea groups is 1. The number of halogens is 2. The molecule has 2 aromatic heterocycles. The van der Waals surface area contributed by atoms with Crippen molar-refractivity contribution in [3.05, 3.63) is 85.9 Å². The van der Waals surface area contributed by atoms with Gasteiger partial charge in [0.15, 0.2) is 0 Å². The molecular formula is C32H36Cl2N6O9S. The minimum atomic E-state index is -4.35. The molecule has 2 N–H and O–H groups in total. The molecule has 5 rings (SSSR count). The minimum absolute atomic E-state index is 0.0390. The molecule has 0 spiro atoms. The number of nitrogens with one attached hydrogen (secondary N) is 2. The fourth-order valence-electron chi connectivity index (χ4n) is 4.21. The fourth-order valence-corrected chi connectivity index (χ4v) is 5.82. The summed E-state index contributed by atoms with van der Waals surface area (Å²) in [5.41, 5.74) is 1.02. The molecule has 0 radical (unpaired) electrons. The van der Waals surface area contributed by atoms with Crippen LogP contribution in [0, 0.1) is 13.8 Å². The molecule has 0 unspecified atom stereocenters. The molecule has 3 heterocycles. The maximum Gasteiger partial charge on any atom is 0.442 e. The monoisotopic (exact) mass is 750 g/mol. The van der Waals surface area contributed by atoms with Crippen LogP contribution in [0.2, 0.25) is 10.0 Å². The van der Waals surface area contributed by atoms with E-state index in [0.717, 1.165) is 4.68 Å². The summed E-state index contributed by atoms with van der Waals surface area (Å²) in [4.78, 5) is 44.1. The second-order valence-electron chi connectivity index (χ2n) is 12.3. The van der Waals surface area contributed by atoms with E-state index in [-0.39, 0.29) is 46.2 Å². The molecule has 0 atom stereocenters. The molecule has 1 fully saturated rings. The van der Waals surface area contributed by atoms with E-state index in [2.05, 4.69) is 20.4 Å². The van der Waals surface area contributed by atoms with Crippen LogP contribution in [0.1, 0.15) is 62.3 Å². The maximum atomic E-state index is 12.6. The van der Waals surface area contributed by atoms with Gasteiger partial charge in [0, 0.05) is 22.9 Å². The zero-order chi connectivity index (χ0) is 37.0. The Balaban J connectivity index is 0.000000232. The van der Waals surface area contributed by atoms with Gasteiger partial charge in [0.1, 0.15) is 16.7 Å². The number of aromatic nitrogens is 4. The van der Waals surface area contributed by atoms with E-state index >= 15 is 0 Å². The molecule has 2 amide bonds. The van der Waals surface area contributed by atoms with Crippen molar-refractivity contribution < 1.29 is 36.6 Å². The lowest BCUT2D eigenvalue weighted by molar-refractivity contribution is -0.103. The molecular weight excluding hydrogens is 715 g/mol. The predicted octanol–water partition coefficient (Wildman–Crippen LogP) is 5.38. The van der Waals surface area contributed by atoms with Crippen LogP contribution in [0.5, 0.6) is 5.75 Å². The molecule has 268 valence electrons. The summed E-state index contributed by atoms with van der Waals surface area (Å²) in [6.07, 6.45) is -0.480. The first-order valence-corrected chi connectivity index (χ1v) is 17.4. The van der Waals surface area contributed by atoms with Crippen LogP contribution in [0.15, 0.2) is 56.6 Å². The van der Waals surface area contributed by atoms with Crippen molar-refractivity contribution in [3.8, 4) is 11.4 Å². The van der Waals surface area contributed by atoms with Gasteiger partial charge in [-0.1, -0.05) is 56.1 Å². The Morgan fingerprint density at radius 1 is 1.02 bits per heavy atom. The number of hydrogen-bond donors (Lipinski definition) is 2. The molecule has 1 saturated heterocycles. The van der Waals surface area contributed by atoms with Gasteiger partial charge >= 0.3 is 17.8 Å². The van der Waals surface area contributed by atoms with E-state index in [9.17, 15) is 22.8 Å². The Labute approximate surface area is 298 Å². The lowest BCUT2D eigenvalue weighted by Crippen LogP contribution is -2.39. The lowest BCUT2D eigenvalue weighted by atomic mass is 9.97. The summed E-state index contributed by atoms with van der Waals surface area (Å²) in [5, 5.41) is 7.14. The van der Waals surface area contributed by atoms with Gasteiger partial charge < -0.3 is 18.6 Å². The maximum absolute atomic E-state index is 12.6. The number of anilines is 1. The predicted molar refractivity (Wildman–Crippen MR) is 184 cm³/mol. The number of rotatable bonds is 8. The fraction of sp³-hybridized carbons (Fsp3) is 0.375. The van der Waals surface area contributed by atoms with Crippen LogP contribution >= 0.6 is 23.2 Å². The number of aryl methyl sites for hydroxylation is 2. The Bertz CT molecular complexity index is 2040. The normalized spacial score (nSPS) is 13.2. The zero-order valence-corrected chi connectivity index (χ0v) is 30.6. The number of carbonyl (C=O) groups excluding carboxylic acids is 2. The summed E-state index contributed by atoms with van der Waals surface area (Å²) in [6, 6.07) is 9.20. The molecule has 1 aliphatic heterocycles. The molecule has 0 bridgehead atoms.